The first kappa shape index (κ1) is 37.3. The first-order valence-electron chi connectivity index (χ1n) is 6.77. The number of terminal acetylenes is 1. The minimum atomic E-state index is -3.68. The molecule has 0 saturated carbocycles. The van der Waals surface area contributed by atoms with Crippen LogP contribution >= 0.6 is 0 Å². The number of hydrogen-bond acceptors (Lipinski definition) is 3. The molecule has 0 aromatic heterocycles. The van der Waals surface area contributed by atoms with Crippen molar-refractivity contribution < 1.29 is 48.9 Å². The van der Waals surface area contributed by atoms with Gasteiger partial charge < -0.3 is 4.79 Å². The predicted molar refractivity (Wildman–Crippen MR) is 93.0 cm³/mol. The SMILES string of the molecule is C#CCN(C[C-]=CC(C)=O)S(=O)(=O)c1ccc(C)cc1.[C-]#[O+].[C-]#[O+].[C-]#[O+].[C-]#[O+].[Mn]. The molecular formula is C19H16MnNO7S-. The van der Waals surface area contributed by atoms with Crippen molar-refractivity contribution >= 4 is 15.8 Å². The van der Waals surface area contributed by atoms with E-state index in [4.69, 9.17) is 25.0 Å². The first-order chi connectivity index (χ1) is 13.4. The molecule has 0 aliphatic rings. The molecule has 0 spiro atoms. The van der Waals surface area contributed by atoms with Crippen molar-refractivity contribution in [3.63, 3.8) is 0 Å². The Labute approximate surface area is 181 Å². The van der Waals surface area contributed by atoms with Gasteiger partial charge in [-0.05, 0) is 31.4 Å². The molecule has 0 heterocycles. The van der Waals surface area contributed by atoms with Gasteiger partial charge in [-0.2, -0.15) is 10.4 Å². The van der Waals surface area contributed by atoms with E-state index in [1.165, 1.54) is 25.1 Å². The van der Waals surface area contributed by atoms with Crippen molar-refractivity contribution in [1.82, 2.24) is 4.31 Å². The van der Waals surface area contributed by atoms with Crippen molar-refractivity contribution in [3.05, 3.63) is 68.6 Å². The van der Waals surface area contributed by atoms with Crippen LogP contribution in [0.1, 0.15) is 12.5 Å². The summed E-state index contributed by atoms with van der Waals surface area (Å²) in [7, 11) is -3.68. The van der Waals surface area contributed by atoms with E-state index in [0.29, 0.717) is 0 Å². The van der Waals surface area contributed by atoms with Gasteiger partial charge in [-0.15, -0.1) is 6.42 Å². The quantitative estimate of drug-likeness (QED) is 0.210. The molecule has 1 aromatic carbocycles. The number of benzene rings is 1. The van der Waals surface area contributed by atoms with Gasteiger partial charge in [-0.3, -0.25) is 6.08 Å². The second-order valence-electron chi connectivity index (χ2n) is 4.25. The minimum Gasteiger partial charge on any atom is 0 e. The van der Waals surface area contributed by atoms with Gasteiger partial charge in [-0.1, -0.05) is 30.5 Å². The molecule has 1 aromatic rings. The van der Waals surface area contributed by atoms with E-state index in [1.54, 1.807) is 12.1 Å². The van der Waals surface area contributed by atoms with Gasteiger partial charge in [0.15, 0.2) is 0 Å². The van der Waals surface area contributed by atoms with E-state index >= 15 is 0 Å². The zero-order valence-corrected chi connectivity index (χ0v) is 17.5. The average Bonchev–Trinajstić information content (AvgIpc) is 2.73. The molecule has 10 heteroatoms. The number of allylic oxidation sites excluding steroid dienone is 1. The molecule has 0 amide bonds. The monoisotopic (exact) mass is 457 g/mol. The van der Waals surface area contributed by atoms with Crippen LogP contribution in [0.15, 0.2) is 35.2 Å². The summed E-state index contributed by atoms with van der Waals surface area (Å²) in [5.41, 5.74) is 0.968. The zero-order valence-electron chi connectivity index (χ0n) is 15.5. The summed E-state index contributed by atoms with van der Waals surface area (Å²) < 4.78 is 55.9. The van der Waals surface area contributed by atoms with Gasteiger partial charge >= 0.3 is 45.2 Å². The van der Waals surface area contributed by atoms with E-state index in [1.807, 2.05) is 6.92 Å². The molecule has 0 N–H and O–H groups in total. The molecule has 0 unspecified atom stereocenters. The molecule has 29 heavy (non-hydrogen) atoms. The number of sulfonamides is 1. The maximum absolute atomic E-state index is 12.4. The number of ketones is 1. The Morgan fingerprint density at radius 1 is 1.10 bits per heavy atom. The van der Waals surface area contributed by atoms with Crippen molar-refractivity contribution in [2.45, 2.75) is 18.7 Å². The fourth-order valence-electron chi connectivity index (χ4n) is 1.48. The number of hydrogen-bond donors (Lipinski definition) is 0. The number of aryl methyl sites for hydroxylation is 1. The summed E-state index contributed by atoms with van der Waals surface area (Å²) in [4.78, 5) is 11.0. The van der Waals surface area contributed by atoms with Gasteiger partial charge in [0.2, 0.25) is 10.0 Å². The molecule has 1 radical (unpaired) electrons. The second kappa shape index (κ2) is 25.6. The van der Waals surface area contributed by atoms with Crippen LogP contribution in [0.25, 0.3) is 0 Å². The van der Waals surface area contributed by atoms with Crippen LogP contribution in [0.5, 0.6) is 0 Å². The molecule has 0 aliphatic carbocycles. The molecule has 0 saturated heterocycles. The Hall–Kier alpha value is -2.42. The van der Waals surface area contributed by atoms with Gasteiger partial charge in [0.1, 0.15) is 0 Å². The van der Waals surface area contributed by atoms with Gasteiger partial charge in [-0.25, -0.2) is 8.42 Å². The van der Waals surface area contributed by atoms with Crippen LogP contribution in [-0.2, 0) is 50.5 Å². The minimum absolute atomic E-state index is 0. The van der Waals surface area contributed by atoms with Crippen LogP contribution in [0.3, 0.4) is 0 Å². The van der Waals surface area contributed by atoms with E-state index in [2.05, 4.69) is 38.6 Å². The van der Waals surface area contributed by atoms with E-state index < -0.39 is 10.0 Å². The summed E-state index contributed by atoms with van der Waals surface area (Å²) in [6, 6.07) is 6.50. The summed E-state index contributed by atoms with van der Waals surface area (Å²) >= 11 is 0. The Morgan fingerprint density at radius 2 is 1.52 bits per heavy atom. The Bertz CT molecular complexity index is 790. The fourth-order valence-corrected chi connectivity index (χ4v) is 2.75. The van der Waals surface area contributed by atoms with Crippen LogP contribution in [0.4, 0.5) is 0 Å². The molecule has 0 aliphatic heterocycles. The normalized spacial score (nSPS) is 8.34. The Kier molecular flexibility index (Phi) is 32.9. The zero-order chi connectivity index (χ0) is 23.2. The molecule has 0 bridgehead atoms. The molecule has 153 valence electrons. The third kappa shape index (κ3) is 17.4. The van der Waals surface area contributed by atoms with Crippen molar-refractivity contribution in [2.75, 3.05) is 13.1 Å². The Morgan fingerprint density at radius 3 is 1.86 bits per heavy atom. The maximum Gasteiger partial charge on any atom is 0 e. The molecular weight excluding hydrogens is 441 g/mol. The topological polar surface area (TPSA) is 134 Å². The van der Waals surface area contributed by atoms with Gasteiger partial charge in [0.25, 0.3) is 0 Å². The van der Waals surface area contributed by atoms with Crippen LogP contribution in [0.2, 0.25) is 0 Å². The van der Waals surface area contributed by atoms with Crippen molar-refractivity contribution in [2.24, 2.45) is 0 Å². The Balaban J connectivity index is -0.000000190. The maximum atomic E-state index is 12.4. The number of carbonyl (C=O) groups excluding carboxylic acids is 1. The standard InChI is InChI=1S/C15H16NO3S.4CO.Mn/c1-4-11-16(12-5-6-14(3)17)20(18,19)15-9-7-13(2)8-10-15;4*1-2;/h1,6-10H,11-12H2,2-3H3;;;;;/q-1;;;;;. The van der Waals surface area contributed by atoms with Gasteiger partial charge in [0.05, 0.1) is 11.4 Å². The van der Waals surface area contributed by atoms with E-state index in [-0.39, 0.29) is 40.8 Å². The predicted octanol–water partition coefficient (Wildman–Crippen LogP) is 1.41. The van der Waals surface area contributed by atoms with Crippen LogP contribution < -0.4 is 0 Å². The van der Waals surface area contributed by atoms with Crippen molar-refractivity contribution in [3.8, 4) is 12.3 Å². The first-order valence-corrected chi connectivity index (χ1v) is 8.21. The summed E-state index contributed by atoms with van der Waals surface area (Å²) in [5.74, 6) is 2.11. The smallest absolute Gasteiger partial charge is 0 e. The number of nitrogens with zero attached hydrogens (tertiary/aromatic N) is 1. The van der Waals surface area contributed by atoms with Gasteiger partial charge in [0, 0.05) is 17.1 Å². The number of carbonyl (C=O) groups is 1. The second-order valence-corrected chi connectivity index (χ2v) is 6.19. The molecule has 1 rings (SSSR count). The summed E-state index contributed by atoms with van der Waals surface area (Å²) in [5, 5.41) is 0. The molecule has 8 nitrogen and oxygen atoms in total. The van der Waals surface area contributed by atoms with Crippen molar-refractivity contribution in [1.29, 1.82) is 0 Å². The van der Waals surface area contributed by atoms with E-state index in [9.17, 15) is 13.2 Å². The third-order valence-corrected chi connectivity index (χ3v) is 4.31. The molecule has 0 atom stereocenters. The molecule has 0 fully saturated rings. The summed E-state index contributed by atoms with van der Waals surface area (Å²) in [6.45, 7) is 21.1. The summed E-state index contributed by atoms with van der Waals surface area (Å²) in [6.07, 6.45) is 9.04. The number of rotatable bonds is 6. The third-order valence-electron chi connectivity index (χ3n) is 2.50. The van der Waals surface area contributed by atoms with Crippen LogP contribution in [-0.4, -0.2) is 31.6 Å². The largest absolute Gasteiger partial charge is 0 e. The fraction of sp³-hybridized carbons (Fsp3) is 0.211. The van der Waals surface area contributed by atoms with Crippen LogP contribution in [0, 0.1) is 51.9 Å². The van der Waals surface area contributed by atoms with E-state index in [0.717, 1.165) is 9.87 Å². The average molecular weight is 457 g/mol.